The van der Waals surface area contributed by atoms with Crippen LogP contribution in [-0.4, -0.2) is 52.9 Å². The number of benzene rings is 1. The van der Waals surface area contributed by atoms with E-state index in [1.54, 1.807) is 6.07 Å². The Balaban J connectivity index is 1.36. The van der Waals surface area contributed by atoms with Crippen molar-refractivity contribution in [3.8, 4) is 0 Å². The number of nitrogens with zero attached hydrogens (tertiary/aromatic N) is 2. The molecule has 1 fully saturated rings. The van der Waals surface area contributed by atoms with Crippen molar-refractivity contribution in [3.63, 3.8) is 0 Å². The highest BCUT2D eigenvalue weighted by atomic mass is 16.2. The number of carbonyl (C=O) groups excluding carboxylic acids is 1. The maximum absolute atomic E-state index is 12.5. The molecular weight excluding hydrogens is 314 g/mol. The lowest BCUT2D eigenvalue weighted by atomic mass is 9.87. The molecule has 1 aliphatic carbocycles. The fraction of sp³-hybridized carbons (Fsp3) is 0.400. The number of piperazine rings is 1. The largest absolute Gasteiger partial charge is 0.336 e. The number of aromatic nitrogens is 1. The molecule has 1 aromatic carbocycles. The normalized spacial score (nSPS) is 21.0. The standard InChI is InChI=1S/C20H23N3O2/c24-19-8-6-17(14-21-19)20(25)23-11-9-22(10-12-23)18-7-5-15-3-1-2-4-16(15)13-18/h1-4,6,8,14,18H,5,7,9-13H2,(H,21,24)/t18-/m0/s1. The molecule has 4 rings (SSSR count). The van der Waals surface area contributed by atoms with Gasteiger partial charge in [-0.25, -0.2) is 0 Å². The van der Waals surface area contributed by atoms with E-state index < -0.39 is 0 Å². The number of pyridine rings is 1. The number of H-pyrrole nitrogens is 1. The highest BCUT2D eigenvalue weighted by molar-refractivity contribution is 5.93. The van der Waals surface area contributed by atoms with Crippen molar-refractivity contribution >= 4 is 5.91 Å². The maximum atomic E-state index is 12.5. The number of fused-ring (bicyclic) bond motifs is 1. The molecule has 0 radical (unpaired) electrons. The van der Waals surface area contributed by atoms with Crippen LogP contribution < -0.4 is 5.56 Å². The zero-order valence-electron chi connectivity index (χ0n) is 14.3. The first-order chi connectivity index (χ1) is 12.2. The van der Waals surface area contributed by atoms with E-state index in [2.05, 4.69) is 34.1 Å². The van der Waals surface area contributed by atoms with Crippen LogP contribution in [0.3, 0.4) is 0 Å². The summed E-state index contributed by atoms with van der Waals surface area (Å²) < 4.78 is 0. The average Bonchev–Trinajstić information content (AvgIpc) is 2.68. The van der Waals surface area contributed by atoms with Gasteiger partial charge in [0.05, 0.1) is 5.56 Å². The lowest BCUT2D eigenvalue weighted by Crippen LogP contribution is -2.53. The van der Waals surface area contributed by atoms with Crippen LogP contribution >= 0.6 is 0 Å². The zero-order chi connectivity index (χ0) is 17.2. The molecule has 5 nitrogen and oxygen atoms in total. The molecule has 0 bridgehead atoms. The minimum Gasteiger partial charge on any atom is -0.336 e. The molecule has 2 aromatic rings. The van der Waals surface area contributed by atoms with Crippen LogP contribution in [0.25, 0.3) is 0 Å². The summed E-state index contributed by atoms with van der Waals surface area (Å²) in [6.07, 6.45) is 4.97. The van der Waals surface area contributed by atoms with Crippen molar-refractivity contribution < 1.29 is 4.79 Å². The van der Waals surface area contributed by atoms with E-state index in [1.165, 1.54) is 29.8 Å². The number of carbonyl (C=O) groups is 1. The maximum Gasteiger partial charge on any atom is 0.255 e. The third kappa shape index (κ3) is 3.37. The van der Waals surface area contributed by atoms with Crippen LogP contribution in [-0.2, 0) is 12.8 Å². The number of hydrogen-bond acceptors (Lipinski definition) is 3. The molecule has 0 unspecified atom stereocenters. The summed E-state index contributed by atoms with van der Waals surface area (Å²) in [6.45, 7) is 3.33. The lowest BCUT2D eigenvalue weighted by Gasteiger charge is -2.41. The van der Waals surface area contributed by atoms with Crippen LogP contribution in [0.1, 0.15) is 27.9 Å². The topological polar surface area (TPSA) is 56.4 Å². The van der Waals surface area contributed by atoms with Crippen molar-refractivity contribution in [1.29, 1.82) is 0 Å². The molecule has 2 heterocycles. The van der Waals surface area contributed by atoms with Crippen molar-refractivity contribution in [2.24, 2.45) is 0 Å². The summed E-state index contributed by atoms with van der Waals surface area (Å²) in [4.78, 5) is 30.7. The Hall–Kier alpha value is -2.40. The fourth-order valence-corrected chi connectivity index (χ4v) is 4.01. The van der Waals surface area contributed by atoms with Crippen LogP contribution in [0.4, 0.5) is 0 Å². The first kappa shape index (κ1) is 16.1. The fourth-order valence-electron chi connectivity index (χ4n) is 4.01. The third-order valence-corrected chi connectivity index (χ3v) is 5.47. The Morgan fingerprint density at radius 3 is 2.48 bits per heavy atom. The van der Waals surface area contributed by atoms with Gasteiger partial charge in [-0.15, -0.1) is 0 Å². The minimum absolute atomic E-state index is 0.00453. The van der Waals surface area contributed by atoms with Gasteiger partial charge in [0.25, 0.3) is 5.91 Å². The van der Waals surface area contributed by atoms with Gasteiger partial charge in [0.15, 0.2) is 0 Å². The van der Waals surface area contributed by atoms with E-state index in [1.807, 2.05) is 4.90 Å². The molecule has 1 N–H and O–H groups in total. The molecular formula is C20H23N3O2. The van der Waals surface area contributed by atoms with Crippen molar-refractivity contribution in [3.05, 3.63) is 69.6 Å². The second-order valence-electron chi connectivity index (χ2n) is 6.94. The van der Waals surface area contributed by atoms with Gasteiger partial charge in [-0.2, -0.15) is 0 Å². The smallest absolute Gasteiger partial charge is 0.255 e. The van der Waals surface area contributed by atoms with Gasteiger partial charge in [-0.3, -0.25) is 14.5 Å². The van der Waals surface area contributed by atoms with E-state index >= 15 is 0 Å². The predicted octanol–water partition coefficient (Wildman–Crippen LogP) is 1.69. The van der Waals surface area contributed by atoms with E-state index in [-0.39, 0.29) is 11.5 Å². The van der Waals surface area contributed by atoms with Crippen LogP contribution in [0.5, 0.6) is 0 Å². The van der Waals surface area contributed by atoms with Gasteiger partial charge in [-0.05, 0) is 36.5 Å². The molecule has 1 atom stereocenters. The predicted molar refractivity (Wildman–Crippen MR) is 96.8 cm³/mol. The first-order valence-electron chi connectivity index (χ1n) is 8.99. The molecule has 0 saturated carbocycles. The van der Waals surface area contributed by atoms with Gasteiger partial charge < -0.3 is 9.88 Å². The van der Waals surface area contributed by atoms with Crippen LogP contribution in [0.2, 0.25) is 0 Å². The third-order valence-electron chi connectivity index (χ3n) is 5.47. The van der Waals surface area contributed by atoms with Crippen LogP contribution in [0.15, 0.2) is 47.4 Å². The highest BCUT2D eigenvalue weighted by Crippen LogP contribution is 2.25. The molecule has 5 heteroatoms. The molecule has 1 amide bonds. The van der Waals surface area contributed by atoms with E-state index in [0.717, 1.165) is 39.0 Å². The Morgan fingerprint density at radius 1 is 1.00 bits per heavy atom. The zero-order valence-corrected chi connectivity index (χ0v) is 14.3. The number of hydrogen-bond donors (Lipinski definition) is 1. The van der Waals surface area contributed by atoms with Crippen LogP contribution in [0, 0.1) is 0 Å². The minimum atomic E-state index is -0.182. The summed E-state index contributed by atoms with van der Waals surface area (Å²) >= 11 is 0. The Labute approximate surface area is 147 Å². The number of aromatic amines is 1. The quantitative estimate of drug-likeness (QED) is 0.907. The SMILES string of the molecule is O=C(c1ccc(=O)[nH]c1)N1CCN([C@H]2CCc3ccccc3C2)CC1. The van der Waals surface area contributed by atoms with Gasteiger partial charge in [-0.1, -0.05) is 24.3 Å². The summed E-state index contributed by atoms with van der Waals surface area (Å²) in [6, 6.07) is 12.3. The van der Waals surface area contributed by atoms with Crippen molar-refractivity contribution in [1.82, 2.24) is 14.8 Å². The van der Waals surface area contributed by atoms with Crippen molar-refractivity contribution in [2.45, 2.75) is 25.3 Å². The highest BCUT2D eigenvalue weighted by Gasteiger charge is 2.28. The monoisotopic (exact) mass is 337 g/mol. The van der Waals surface area contributed by atoms with Gasteiger partial charge in [0, 0.05) is 44.5 Å². The van der Waals surface area contributed by atoms with E-state index in [4.69, 9.17) is 0 Å². The number of amides is 1. The second-order valence-corrected chi connectivity index (χ2v) is 6.94. The lowest BCUT2D eigenvalue weighted by molar-refractivity contribution is 0.0552. The molecule has 130 valence electrons. The molecule has 1 aliphatic heterocycles. The molecule has 0 spiro atoms. The number of aryl methyl sites for hydroxylation is 1. The summed E-state index contributed by atoms with van der Waals surface area (Å²) in [5, 5.41) is 0. The first-order valence-corrected chi connectivity index (χ1v) is 8.99. The summed E-state index contributed by atoms with van der Waals surface area (Å²) in [5.41, 5.74) is 3.34. The average molecular weight is 337 g/mol. The Morgan fingerprint density at radius 2 is 1.76 bits per heavy atom. The molecule has 1 saturated heterocycles. The Bertz CT molecular complexity index is 801. The number of nitrogens with one attached hydrogen (secondary N) is 1. The van der Waals surface area contributed by atoms with E-state index in [0.29, 0.717) is 11.6 Å². The Kier molecular flexibility index (Phi) is 4.40. The summed E-state index contributed by atoms with van der Waals surface area (Å²) in [7, 11) is 0. The second kappa shape index (κ2) is 6.84. The van der Waals surface area contributed by atoms with E-state index in [9.17, 15) is 9.59 Å². The summed E-state index contributed by atoms with van der Waals surface area (Å²) in [5.74, 6) is 0.00453. The van der Waals surface area contributed by atoms with Gasteiger partial charge in [0.2, 0.25) is 5.56 Å². The molecule has 25 heavy (non-hydrogen) atoms. The van der Waals surface area contributed by atoms with Gasteiger partial charge in [0.1, 0.15) is 0 Å². The molecule has 2 aliphatic rings. The molecule has 1 aromatic heterocycles. The number of rotatable bonds is 2. The van der Waals surface area contributed by atoms with Crippen molar-refractivity contribution in [2.75, 3.05) is 26.2 Å². The van der Waals surface area contributed by atoms with Gasteiger partial charge >= 0.3 is 0 Å².